The van der Waals surface area contributed by atoms with E-state index in [1.54, 1.807) is 25.1 Å². The van der Waals surface area contributed by atoms with E-state index >= 15 is 0 Å². The molecule has 0 spiro atoms. The first-order valence-electron chi connectivity index (χ1n) is 5.72. The molecule has 4 heteroatoms. The van der Waals surface area contributed by atoms with Crippen molar-refractivity contribution in [1.82, 2.24) is 4.98 Å². The highest BCUT2D eigenvalue weighted by molar-refractivity contribution is 7.99. The number of rotatable bonds is 4. The van der Waals surface area contributed by atoms with E-state index < -0.39 is 0 Å². The fourth-order valence-corrected chi connectivity index (χ4v) is 2.42. The molecule has 2 N–H and O–H groups in total. The van der Waals surface area contributed by atoms with Gasteiger partial charge in [-0.1, -0.05) is 17.8 Å². The van der Waals surface area contributed by atoms with Crippen LogP contribution in [0.3, 0.4) is 0 Å². The molecule has 18 heavy (non-hydrogen) atoms. The lowest BCUT2D eigenvalue weighted by atomic mass is 10.1. The number of aromatic nitrogens is 1. The van der Waals surface area contributed by atoms with Crippen molar-refractivity contribution in [3.05, 3.63) is 48.2 Å². The summed E-state index contributed by atoms with van der Waals surface area (Å²) >= 11 is 1.60. The van der Waals surface area contributed by atoms with Crippen LogP contribution in [0.2, 0.25) is 0 Å². The van der Waals surface area contributed by atoms with Crippen LogP contribution in [-0.4, -0.2) is 12.1 Å². The van der Waals surface area contributed by atoms with Gasteiger partial charge in [0.2, 0.25) is 0 Å². The summed E-state index contributed by atoms with van der Waals surface area (Å²) in [5, 5.41) is 0.943. The van der Waals surface area contributed by atoms with Crippen LogP contribution in [0.4, 0.5) is 0 Å². The van der Waals surface area contributed by atoms with E-state index in [0.717, 1.165) is 21.2 Å². The number of benzene rings is 1. The molecule has 2 aromatic rings. The Balaban J connectivity index is 2.20. The zero-order valence-electron chi connectivity index (χ0n) is 10.5. The monoisotopic (exact) mass is 260 g/mol. The standard InChI is InChI=1S/C14H16N2OS/c1-10(15)11-6-7-16-14(8-11)18-13-5-3-4-12(9-13)17-2/h3-10H,15H2,1-2H3. The lowest BCUT2D eigenvalue weighted by Crippen LogP contribution is -2.04. The molecule has 1 aromatic heterocycles. The fourth-order valence-electron chi connectivity index (χ4n) is 1.55. The van der Waals surface area contributed by atoms with Gasteiger partial charge in [0, 0.05) is 17.1 Å². The number of hydrogen-bond acceptors (Lipinski definition) is 4. The second-order valence-corrected chi connectivity index (χ2v) is 5.09. The average Bonchev–Trinajstić information content (AvgIpc) is 2.39. The van der Waals surface area contributed by atoms with Crippen LogP contribution >= 0.6 is 11.8 Å². The maximum atomic E-state index is 5.86. The summed E-state index contributed by atoms with van der Waals surface area (Å²) in [7, 11) is 1.67. The second kappa shape index (κ2) is 5.89. The molecule has 94 valence electrons. The number of ether oxygens (including phenoxy) is 1. The van der Waals surface area contributed by atoms with Crippen molar-refractivity contribution < 1.29 is 4.74 Å². The summed E-state index contributed by atoms with van der Waals surface area (Å²) < 4.78 is 5.20. The van der Waals surface area contributed by atoms with Gasteiger partial charge in [0.15, 0.2) is 0 Å². The minimum absolute atomic E-state index is 0.0256. The van der Waals surface area contributed by atoms with Gasteiger partial charge in [-0.2, -0.15) is 0 Å². The van der Waals surface area contributed by atoms with Gasteiger partial charge in [-0.3, -0.25) is 0 Å². The molecule has 3 nitrogen and oxygen atoms in total. The van der Waals surface area contributed by atoms with Gasteiger partial charge in [-0.15, -0.1) is 0 Å². The molecule has 0 aliphatic heterocycles. The first-order valence-corrected chi connectivity index (χ1v) is 6.54. The Bertz CT molecular complexity index is 529. The molecule has 1 aromatic carbocycles. The third-order valence-corrected chi connectivity index (χ3v) is 3.47. The number of hydrogen-bond donors (Lipinski definition) is 1. The van der Waals surface area contributed by atoms with Gasteiger partial charge in [0.1, 0.15) is 10.8 Å². The van der Waals surface area contributed by atoms with Crippen molar-refractivity contribution in [2.45, 2.75) is 22.9 Å². The van der Waals surface area contributed by atoms with E-state index in [1.807, 2.05) is 43.3 Å². The van der Waals surface area contributed by atoms with Gasteiger partial charge < -0.3 is 10.5 Å². The number of pyridine rings is 1. The van der Waals surface area contributed by atoms with Crippen LogP contribution in [-0.2, 0) is 0 Å². The zero-order chi connectivity index (χ0) is 13.0. The predicted molar refractivity (Wildman–Crippen MR) is 74.0 cm³/mol. The maximum absolute atomic E-state index is 5.86. The number of nitrogens with zero attached hydrogens (tertiary/aromatic N) is 1. The van der Waals surface area contributed by atoms with Crippen molar-refractivity contribution in [1.29, 1.82) is 0 Å². The SMILES string of the molecule is COc1cccc(Sc2cc(C(C)N)ccn2)c1. The Morgan fingerprint density at radius 1 is 1.28 bits per heavy atom. The maximum Gasteiger partial charge on any atom is 0.119 e. The first kappa shape index (κ1) is 12.9. The summed E-state index contributed by atoms with van der Waals surface area (Å²) in [5.74, 6) is 0.850. The number of nitrogens with two attached hydrogens (primary N) is 1. The minimum Gasteiger partial charge on any atom is -0.497 e. The van der Waals surface area contributed by atoms with Crippen LogP contribution in [0.15, 0.2) is 52.5 Å². The molecule has 1 heterocycles. The van der Waals surface area contributed by atoms with Crippen LogP contribution < -0.4 is 10.5 Å². The van der Waals surface area contributed by atoms with Crippen LogP contribution in [0.5, 0.6) is 5.75 Å². The van der Waals surface area contributed by atoms with Crippen molar-refractivity contribution in [3.8, 4) is 5.75 Å². The molecule has 1 unspecified atom stereocenters. The molecular formula is C14H16N2OS. The molecule has 1 atom stereocenters. The third-order valence-electron chi connectivity index (χ3n) is 2.55. The number of methoxy groups -OCH3 is 1. The van der Waals surface area contributed by atoms with Gasteiger partial charge in [-0.05, 0) is 42.8 Å². The molecule has 0 aliphatic carbocycles. The summed E-state index contributed by atoms with van der Waals surface area (Å²) in [5.41, 5.74) is 6.96. The Hall–Kier alpha value is -1.52. The van der Waals surface area contributed by atoms with Crippen molar-refractivity contribution in [3.63, 3.8) is 0 Å². The quantitative estimate of drug-likeness (QED) is 0.916. The Morgan fingerprint density at radius 2 is 2.11 bits per heavy atom. The molecule has 0 saturated heterocycles. The largest absolute Gasteiger partial charge is 0.497 e. The van der Waals surface area contributed by atoms with Crippen molar-refractivity contribution in [2.24, 2.45) is 5.73 Å². The van der Waals surface area contributed by atoms with E-state index in [4.69, 9.17) is 10.5 Å². The van der Waals surface area contributed by atoms with E-state index in [0.29, 0.717) is 0 Å². The smallest absolute Gasteiger partial charge is 0.119 e. The van der Waals surface area contributed by atoms with Crippen molar-refractivity contribution >= 4 is 11.8 Å². The average molecular weight is 260 g/mol. The molecule has 0 aliphatic rings. The topological polar surface area (TPSA) is 48.1 Å². The normalized spacial score (nSPS) is 12.2. The van der Waals surface area contributed by atoms with E-state index in [2.05, 4.69) is 4.98 Å². The van der Waals surface area contributed by atoms with Crippen molar-refractivity contribution in [2.75, 3.05) is 7.11 Å². The highest BCUT2D eigenvalue weighted by atomic mass is 32.2. The summed E-state index contributed by atoms with van der Waals surface area (Å²) in [6, 6.07) is 11.9. The Labute approximate surface area is 111 Å². The fraction of sp³-hybridized carbons (Fsp3) is 0.214. The third kappa shape index (κ3) is 3.24. The molecule has 0 radical (unpaired) electrons. The lowest BCUT2D eigenvalue weighted by molar-refractivity contribution is 0.413. The molecular weight excluding hydrogens is 244 g/mol. The van der Waals surface area contributed by atoms with Gasteiger partial charge in [0.25, 0.3) is 0 Å². The highest BCUT2D eigenvalue weighted by Gasteiger charge is 2.04. The molecule has 0 fully saturated rings. The molecule has 0 amide bonds. The van der Waals surface area contributed by atoms with Gasteiger partial charge >= 0.3 is 0 Å². The van der Waals surface area contributed by atoms with E-state index in [1.165, 1.54) is 0 Å². The van der Waals surface area contributed by atoms with Crippen LogP contribution in [0, 0.1) is 0 Å². The Kier molecular flexibility index (Phi) is 4.23. The van der Waals surface area contributed by atoms with Crippen LogP contribution in [0.1, 0.15) is 18.5 Å². The zero-order valence-corrected chi connectivity index (χ0v) is 11.3. The summed E-state index contributed by atoms with van der Waals surface area (Å²) in [4.78, 5) is 5.44. The van der Waals surface area contributed by atoms with E-state index in [9.17, 15) is 0 Å². The molecule has 0 bridgehead atoms. The van der Waals surface area contributed by atoms with E-state index in [-0.39, 0.29) is 6.04 Å². The minimum atomic E-state index is 0.0256. The molecule has 2 rings (SSSR count). The molecule has 0 saturated carbocycles. The van der Waals surface area contributed by atoms with Crippen LogP contribution in [0.25, 0.3) is 0 Å². The lowest BCUT2D eigenvalue weighted by Gasteiger charge is -2.07. The van der Waals surface area contributed by atoms with Gasteiger partial charge in [0.05, 0.1) is 7.11 Å². The first-order chi connectivity index (χ1) is 8.69. The predicted octanol–water partition coefficient (Wildman–Crippen LogP) is 3.26. The summed E-state index contributed by atoms with van der Waals surface area (Å²) in [6.45, 7) is 1.97. The highest BCUT2D eigenvalue weighted by Crippen LogP contribution is 2.29. The Morgan fingerprint density at radius 3 is 2.83 bits per heavy atom. The summed E-state index contributed by atoms with van der Waals surface area (Å²) in [6.07, 6.45) is 1.79. The van der Waals surface area contributed by atoms with Gasteiger partial charge in [-0.25, -0.2) is 4.98 Å². The second-order valence-electron chi connectivity index (χ2n) is 4.00.